The van der Waals surface area contributed by atoms with E-state index in [1.54, 1.807) is 6.07 Å². The highest BCUT2D eigenvalue weighted by atomic mass is 19.1. The lowest BCUT2D eigenvalue weighted by atomic mass is 9.94. The Morgan fingerprint density at radius 3 is 2.44 bits per heavy atom. The van der Waals surface area contributed by atoms with Crippen molar-refractivity contribution in [1.29, 1.82) is 0 Å². The van der Waals surface area contributed by atoms with E-state index < -0.39 is 28.8 Å². The molecule has 3 N–H and O–H groups in total. The number of ether oxygens (including phenoxy) is 1. The maximum atomic E-state index is 16.7. The first-order valence-electron chi connectivity index (χ1n) is 15.0. The number of aromatic nitrogens is 2. The van der Waals surface area contributed by atoms with E-state index in [1.807, 2.05) is 4.90 Å². The summed E-state index contributed by atoms with van der Waals surface area (Å²) in [6, 6.07) is 6.94. The molecule has 2 bridgehead atoms. The average Bonchev–Trinajstić information content (AvgIpc) is 3.68. The Labute approximate surface area is 246 Å². The molecular weight excluding hydrogens is 559 g/mol. The summed E-state index contributed by atoms with van der Waals surface area (Å²) in [7, 11) is 0. The molecule has 0 spiro atoms. The monoisotopic (exact) mass is 591 g/mol. The van der Waals surface area contributed by atoms with Crippen LogP contribution in [-0.2, 0) is 0 Å². The van der Waals surface area contributed by atoms with Crippen LogP contribution >= 0.6 is 0 Å². The molecule has 11 heteroatoms. The first-order chi connectivity index (χ1) is 20.8. The highest BCUT2D eigenvalue weighted by Crippen LogP contribution is 2.46. The largest absolute Gasteiger partial charge is 0.508 e. The minimum Gasteiger partial charge on any atom is -0.508 e. The number of piperazine rings is 1. The molecule has 4 fully saturated rings. The molecule has 8 nitrogen and oxygen atoms in total. The number of hydrogen-bond acceptors (Lipinski definition) is 8. The standard InChI is InChI=1S/C32H32F3N5O3/c33-22-5-1-4-17-12-20(41)13-21(23(17)22)24-26(34)28-25(27(35)29(24)42)30(39-14-18-6-7-19(15-39)36-18)38-31(37-28)43-16-32-8-2-10-40(32)11-3-9-32/h1,4-5,12-13,18-19,36,41-42H,2-3,6-11,14-16H2. The molecule has 0 aliphatic carbocycles. The second-order valence-electron chi connectivity index (χ2n) is 12.5. The van der Waals surface area contributed by atoms with Crippen LogP contribution in [-0.4, -0.2) is 75.5 Å². The molecule has 0 radical (unpaired) electrons. The Morgan fingerprint density at radius 1 is 0.953 bits per heavy atom. The summed E-state index contributed by atoms with van der Waals surface area (Å²) in [6.07, 6.45) is 6.07. The van der Waals surface area contributed by atoms with Gasteiger partial charge in [0, 0.05) is 36.1 Å². The molecule has 5 heterocycles. The minimum atomic E-state index is -1.11. The van der Waals surface area contributed by atoms with Crippen LogP contribution in [0.1, 0.15) is 38.5 Å². The van der Waals surface area contributed by atoms with Crippen LogP contribution in [0.4, 0.5) is 19.0 Å². The van der Waals surface area contributed by atoms with Gasteiger partial charge in [-0.25, -0.2) is 13.2 Å². The molecule has 4 aliphatic heterocycles. The van der Waals surface area contributed by atoms with Crippen LogP contribution in [0.2, 0.25) is 0 Å². The number of nitrogens with one attached hydrogen (secondary N) is 1. The summed E-state index contributed by atoms with van der Waals surface area (Å²) in [4.78, 5) is 13.4. The molecular formula is C32H32F3N5O3. The second-order valence-corrected chi connectivity index (χ2v) is 12.5. The quantitative estimate of drug-likeness (QED) is 0.291. The van der Waals surface area contributed by atoms with Gasteiger partial charge in [0.15, 0.2) is 17.4 Å². The van der Waals surface area contributed by atoms with Gasteiger partial charge in [0.25, 0.3) is 0 Å². The van der Waals surface area contributed by atoms with E-state index in [1.165, 1.54) is 18.2 Å². The zero-order valence-corrected chi connectivity index (χ0v) is 23.5. The first kappa shape index (κ1) is 26.8. The summed E-state index contributed by atoms with van der Waals surface area (Å²) in [5.74, 6) is -3.97. The summed E-state index contributed by atoms with van der Waals surface area (Å²) in [6.45, 7) is 3.42. The van der Waals surface area contributed by atoms with Gasteiger partial charge in [-0.3, -0.25) is 4.90 Å². The highest BCUT2D eigenvalue weighted by molar-refractivity contribution is 6.04. The number of rotatable bonds is 5. The maximum absolute atomic E-state index is 16.7. The van der Waals surface area contributed by atoms with Crippen molar-refractivity contribution in [2.75, 3.05) is 37.7 Å². The van der Waals surface area contributed by atoms with Gasteiger partial charge in [0.1, 0.15) is 29.5 Å². The van der Waals surface area contributed by atoms with Crippen molar-refractivity contribution in [3.8, 4) is 28.6 Å². The zero-order chi connectivity index (χ0) is 29.5. The normalized spacial score (nSPS) is 23.0. The summed E-state index contributed by atoms with van der Waals surface area (Å²) in [5, 5.41) is 25.1. The van der Waals surface area contributed by atoms with Crippen molar-refractivity contribution < 1.29 is 28.1 Å². The van der Waals surface area contributed by atoms with Gasteiger partial charge in [0.05, 0.1) is 16.5 Å². The van der Waals surface area contributed by atoms with Crippen molar-refractivity contribution in [3.05, 3.63) is 47.8 Å². The number of halogens is 3. The Balaban J connectivity index is 1.32. The molecule has 43 heavy (non-hydrogen) atoms. The smallest absolute Gasteiger partial charge is 0.319 e. The van der Waals surface area contributed by atoms with E-state index >= 15 is 13.2 Å². The zero-order valence-electron chi connectivity index (χ0n) is 23.5. The van der Waals surface area contributed by atoms with E-state index in [9.17, 15) is 10.2 Å². The van der Waals surface area contributed by atoms with Crippen LogP contribution in [0.5, 0.6) is 17.5 Å². The SMILES string of the molecule is Oc1cc(-c2c(O)c(F)c3c(N4CC5CCC(C4)N5)nc(OCC45CCCN4CCC5)nc3c2F)c2c(F)cccc2c1. The Bertz CT molecular complexity index is 1760. The van der Waals surface area contributed by atoms with Gasteiger partial charge in [-0.2, -0.15) is 9.97 Å². The van der Waals surface area contributed by atoms with Crippen LogP contribution in [0.15, 0.2) is 30.3 Å². The Hall–Kier alpha value is -3.83. The number of aromatic hydroxyl groups is 2. The first-order valence-corrected chi connectivity index (χ1v) is 15.0. The minimum absolute atomic E-state index is 0.0562. The molecule has 0 saturated carbocycles. The molecule has 4 aliphatic rings. The third-order valence-corrected chi connectivity index (χ3v) is 9.94. The van der Waals surface area contributed by atoms with E-state index in [-0.39, 0.29) is 62.4 Å². The molecule has 8 rings (SSSR count). The van der Waals surface area contributed by atoms with Gasteiger partial charge in [-0.15, -0.1) is 0 Å². The lowest BCUT2D eigenvalue weighted by Gasteiger charge is -2.35. The van der Waals surface area contributed by atoms with E-state index in [0.717, 1.165) is 57.7 Å². The third kappa shape index (κ3) is 4.19. The Kier molecular flexibility index (Phi) is 6.13. The van der Waals surface area contributed by atoms with E-state index in [0.29, 0.717) is 19.7 Å². The molecule has 0 amide bonds. The van der Waals surface area contributed by atoms with Crippen molar-refractivity contribution in [1.82, 2.24) is 20.2 Å². The van der Waals surface area contributed by atoms with Gasteiger partial charge >= 0.3 is 6.01 Å². The Morgan fingerprint density at radius 2 is 1.70 bits per heavy atom. The number of fused-ring (bicyclic) bond motifs is 5. The van der Waals surface area contributed by atoms with Crippen molar-refractivity contribution >= 4 is 27.5 Å². The van der Waals surface area contributed by atoms with Crippen LogP contribution in [0, 0.1) is 17.5 Å². The van der Waals surface area contributed by atoms with Gasteiger partial charge in [-0.1, -0.05) is 12.1 Å². The average molecular weight is 592 g/mol. The fraction of sp³-hybridized carbons (Fsp3) is 0.438. The second kappa shape index (κ2) is 9.85. The number of benzene rings is 3. The topological polar surface area (TPSA) is 94.0 Å². The number of phenols is 2. The maximum Gasteiger partial charge on any atom is 0.319 e. The molecule has 1 aromatic heterocycles. The van der Waals surface area contributed by atoms with Crippen molar-refractivity contribution in [2.24, 2.45) is 0 Å². The lowest BCUT2D eigenvalue weighted by molar-refractivity contribution is 0.108. The third-order valence-electron chi connectivity index (χ3n) is 9.94. The summed E-state index contributed by atoms with van der Waals surface area (Å²) in [5.41, 5.74) is -1.24. The molecule has 2 unspecified atom stereocenters. The molecule has 4 aromatic rings. The van der Waals surface area contributed by atoms with Gasteiger partial charge in [0.2, 0.25) is 0 Å². The molecule has 4 saturated heterocycles. The van der Waals surface area contributed by atoms with Crippen LogP contribution in [0.3, 0.4) is 0 Å². The van der Waals surface area contributed by atoms with E-state index in [2.05, 4.69) is 20.2 Å². The van der Waals surface area contributed by atoms with Gasteiger partial charge < -0.3 is 25.2 Å². The lowest BCUT2D eigenvalue weighted by Crippen LogP contribution is -2.51. The van der Waals surface area contributed by atoms with E-state index in [4.69, 9.17) is 4.74 Å². The van der Waals surface area contributed by atoms with Crippen LogP contribution < -0.4 is 15.0 Å². The van der Waals surface area contributed by atoms with Crippen molar-refractivity contribution in [2.45, 2.75) is 56.1 Å². The molecule has 224 valence electrons. The van der Waals surface area contributed by atoms with Crippen LogP contribution in [0.25, 0.3) is 32.8 Å². The molecule has 3 aromatic carbocycles. The predicted molar refractivity (Wildman–Crippen MR) is 156 cm³/mol. The predicted octanol–water partition coefficient (Wildman–Crippen LogP) is 5.23. The summed E-state index contributed by atoms with van der Waals surface area (Å²) < 4.78 is 54.4. The number of anilines is 1. The number of hydrogen-bond donors (Lipinski definition) is 3. The number of nitrogens with zero attached hydrogens (tertiary/aromatic N) is 4. The van der Waals surface area contributed by atoms with Gasteiger partial charge in [-0.05, 0) is 75.2 Å². The van der Waals surface area contributed by atoms with Crippen molar-refractivity contribution in [3.63, 3.8) is 0 Å². The number of phenolic OH excluding ortho intramolecular Hbond substituents is 2. The summed E-state index contributed by atoms with van der Waals surface area (Å²) >= 11 is 0. The fourth-order valence-electron chi connectivity index (χ4n) is 7.97. The highest BCUT2D eigenvalue weighted by Gasteiger charge is 2.45. The molecule has 2 atom stereocenters. The fourth-order valence-corrected chi connectivity index (χ4v) is 7.97.